The maximum Gasteiger partial charge on any atom is 0.104 e. The smallest absolute Gasteiger partial charge is 0.104 e. The zero-order valence-electron chi connectivity index (χ0n) is 7.94. The Morgan fingerprint density at radius 3 is 2.71 bits per heavy atom. The van der Waals surface area contributed by atoms with Crippen LogP contribution in [0.3, 0.4) is 0 Å². The first kappa shape index (κ1) is 9.46. The SMILES string of the molecule is Cc1ccccc1Cn1nccc1Br. The standard InChI is InChI=1S/C11H11BrN2/c1-9-4-2-3-5-10(9)8-14-11(12)6-7-13-14/h2-7H,8H2,1H3. The molecule has 0 aliphatic rings. The van der Waals surface area contributed by atoms with Gasteiger partial charge >= 0.3 is 0 Å². The van der Waals surface area contributed by atoms with E-state index in [0.29, 0.717) is 0 Å². The number of rotatable bonds is 2. The Morgan fingerprint density at radius 2 is 2.07 bits per heavy atom. The van der Waals surface area contributed by atoms with E-state index in [1.807, 2.05) is 10.7 Å². The lowest BCUT2D eigenvalue weighted by molar-refractivity contribution is 0.669. The number of aryl methyl sites for hydroxylation is 1. The molecule has 0 amide bonds. The molecule has 0 fully saturated rings. The summed E-state index contributed by atoms with van der Waals surface area (Å²) < 4.78 is 2.95. The molecule has 0 unspecified atom stereocenters. The minimum atomic E-state index is 0.820. The van der Waals surface area contributed by atoms with Gasteiger partial charge in [0.15, 0.2) is 0 Å². The summed E-state index contributed by atoms with van der Waals surface area (Å²) in [7, 11) is 0. The zero-order valence-corrected chi connectivity index (χ0v) is 9.53. The highest BCUT2D eigenvalue weighted by atomic mass is 79.9. The van der Waals surface area contributed by atoms with E-state index in [1.54, 1.807) is 6.20 Å². The van der Waals surface area contributed by atoms with E-state index in [9.17, 15) is 0 Å². The molecule has 2 rings (SSSR count). The van der Waals surface area contributed by atoms with E-state index in [4.69, 9.17) is 0 Å². The number of nitrogens with zero attached hydrogens (tertiary/aromatic N) is 2. The molecule has 72 valence electrons. The third-order valence-electron chi connectivity index (χ3n) is 2.25. The summed E-state index contributed by atoms with van der Waals surface area (Å²) in [5, 5.41) is 4.22. The Kier molecular flexibility index (Phi) is 2.68. The summed E-state index contributed by atoms with van der Waals surface area (Å²) >= 11 is 3.45. The van der Waals surface area contributed by atoms with Crippen molar-refractivity contribution in [1.29, 1.82) is 0 Å². The normalized spacial score (nSPS) is 10.4. The Bertz CT molecular complexity index is 434. The number of benzene rings is 1. The lowest BCUT2D eigenvalue weighted by atomic mass is 10.1. The molecule has 0 saturated heterocycles. The van der Waals surface area contributed by atoms with E-state index in [0.717, 1.165) is 11.1 Å². The van der Waals surface area contributed by atoms with Crippen LogP contribution in [0.4, 0.5) is 0 Å². The van der Waals surface area contributed by atoms with Crippen molar-refractivity contribution in [1.82, 2.24) is 9.78 Å². The molecule has 1 aromatic heterocycles. The van der Waals surface area contributed by atoms with Crippen molar-refractivity contribution < 1.29 is 0 Å². The predicted octanol–water partition coefficient (Wildman–Crippen LogP) is 3.00. The lowest BCUT2D eigenvalue weighted by Crippen LogP contribution is -2.02. The van der Waals surface area contributed by atoms with Gasteiger partial charge in [-0.2, -0.15) is 5.10 Å². The number of hydrogen-bond acceptors (Lipinski definition) is 1. The Morgan fingerprint density at radius 1 is 1.29 bits per heavy atom. The van der Waals surface area contributed by atoms with Crippen molar-refractivity contribution in [3.05, 3.63) is 52.3 Å². The van der Waals surface area contributed by atoms with Gasteiger partial charge in [0.1, 0.15) is 4.60 Å². The van der Waals surface area contributed by atoms with Gasteiger partial charge in [0.05, 0.1) is 12.7 Å². The van der Waals surface area contributed by atoms with Gasteiger partial charge in [0.2, 0.25) is 0 Å². The van der Waals surface area contributed by atoms with Crippen molar-refractivity contribution >= 4 is 15.9 Å². The van der Waals surface area contributed by atoms with Crippen LogP contribution in [-0.4, -0.2) is 9.78 Å². The number of hydrogen-bond donors (Lipinski definition) is 0. The van der Waals surface area contributed by atoms with Crippen LogP contribution in [0.2, 0.25) is 0 Å². The van der Waals surface area contributed by atoms with Crippen LogP contribution in [-0.2, 0) is 6.54 Å². The molecule has 1 aromatic carbocycles. The molecule has 0 atom stereocenters. The molecule has 14 heavy (non-hydrogen) atoms. The van der Waals surface area contributed by atoms with Gasteiger partial charge in [-0.15, -0.1) is 0 Å². The molecule has 0 bridgehead atoms. The Balaban J connectivity index is 2.28. The molecule has 0 aliphatic heterocycles. The highest BCUT2D eigenvalue weighted by Gasteiger charge is 2.01. The number of halogens is 1. The summed E-state index contributed by atoms with van der Waals surface area (Å²) in [5.74, 6) is 0. The quantitative estimate of drug-likeness (QED) is 0.802. The minimum absolute atomic E-state index is 0.820. The van der Waals surface area contributed by atoms with E-state index in [2.05, 4.69) is 52.2 Å². The molecule has 0 radical (unpaired) electrons. The first-order chi connectivity index (χ1) is 6.77. The zero-order chi connectivity index (χ0) is 9.97. The molecule has 0 aliphatic carbocycles. The maximum absolute atomic E-state index is 4.22. The van der Waals surface area contributed by atoms with Crippen LogP contribution in [0.5, 0.6) is 0 Å². The molecule has 1 heterocycles. The highest BCUT2D eigenvalue weighted by Crippen LogP contribution is 2.13. The third-order valence-corrected chi connectivity index (χ3v) is 2.92. The molecule has 2 nitrogen and oxygen atoms in total. The second-order valence-electron chi connectivity index (χ2n) is 3.24. The number of aromatic nitrogens is 2. The first-order valence-electron chi connectivity index (χ1n) is 4.49. The van der Waals surface area contributed by atoms with Gasteiger partial charge in [-0.1, -0.05) is 24.3 Å². The van der Waals surface area contributed by atoms with Gasteiger partial charge in [0.25, 0.3) is 0 Å². The Labute approximate surface area is 91.7 Å². The highest BCUT2D eigenvalue weighted by molar-refractivity contribution is 9.10. The van der Waals surface area contributed by atoms with E-state index in [-0.39, 0.29) is 0 Å². The second-order valence-corrected chi connectivity index (χ2v) is 4.05. The van der Waals surface area contributed by atoms with Gasteiger partial charge in [0, 0.05) is 0 Å². The average Bonchev–Trinajstić information content (AvgIpc) is 2.56. The van der Waals surface area contributed by atoms with E-state index >= 15 is 0 Å². The lowest BCUT2D eigenvalue weighted by Gasteiger charge is -2.06. The summed E-state index contributed by atoms with van der Waals surface area (Å²) in [4.78, 5) is 0. The fourth-order valence-electron chi connectivity index (χ4n) is 1.38. The van der Waals surface area contributed by atoms with Crippen LogP contribution in [0.15, 0.2) is 41.1 Å². The fourth-order valence-corrected chi connectivity index (χ4v) is 1.72. The topological polar surface area (TPSA) is 17.8 Å². The maximum atomic E-state index is 4.22. The van der Waals surface area contributed by atoms with Crippen molar-refractivity contribution in [2.24, 2.45) is 0 Å². The summed E-state index contributed by atoms with van der Waals surface area (Å²) in [6.45, 7) is 2.94. The molecule has 0 spiro atoms. The van der Waals surface area contributed by atoms with Crippen molar-refractivity contribution in [2.45, 2.75) is 13.5 Å². The van der Waals surface area contributed by atoms with Crippen LogP contribution in [0.25, 0.3) is 0 Å². The van der Waals surface area contributed by atoms with Crippen LogP contribution < -0.4 is 0 Å². The van der Waals surface area contributed by atoms with Crippen LogP contribution in [0.1, 0.15) is 11.1 Å². The monoisotopic (exact) mass is 250 g/mol. The van der Waals surface area contributed by atoms with Crippen molar-refractivity contribution in [3.8, 4) is 0 Å². The van der Waals surface area contributed by atoms with Gasteiger partial charge < -0.3 is 0 Å². The van der Waals surface area contributed by atoms with Gasteiger partial charge in [-0.25, -0.2) is 0 Å². The Hall–Kier alpha value is -1.09. The van der Waals surface area contributed by atoms with Crippen molar-refractivity contribution in [2.75, 3.05) is 0 Å². The molecule has 0 saturated carbocycles. The minimum Gasteiger partial charge on any atom is -0.254 e. The van der Waals surface area contributed by atoms with E-state index < -0.39 is 0 Å². The fraction of sp³-hybridized carbons (Fsp3) is 0.182. The summed E-state index contributed by atoms with van der Waals surface area (Å²) in [5.41, 5.74) is 2.60. The molecular weight excluding hydrogens is 240 g/mol. The van der Waals surface area contributed by atoms with Crippen LogP contribution in [0, 0.1) is 6.92 Å². The molecule has 2 aromatic rings. The second kappa shape index (κ2) is 3.96. The first-order valence-corrected chi connectivity index (χ1v) is 5.28. The van der Waals surface area contributed by atoms with E-state index in [1.165, 1.54) is 11.1 Å². The van der Waals surface area contributed by atoms with Crippen molar-refractivity contribution in [3.63, 3.8) is 0 Å². The van der Waals surface area contributed by atoms with Gasteiger partial charge in [-0.05, 0) is 40.0 Å². The molecule has 0 N–H and O–H groups in total. The molecular formula is C11H11BrN2. The molecule has 3 heteroatoms. The summed E-state index contributed by atoms with van der Waals surface area (Å²) in [6.07, 6.45) is 1.79. The van der Waals surface area contributed by atoms with Gasteiger partial charge in [-0.3, -0.25) is 4.68 Å². The largest absolute Gasteiger partial charge is 0.254 e. The summed E-state index contributed by atoms with van der Waals surface area (Å²) in [6, 6.07) is 10.3. The predicted molar refractivity (Wildman–Crippen MR) is 60.2 cm³/mol. The van der Waals surface area contributed by atoms with Crippen LogP contribution >= 0.6 is 15.9 Å². The average molecular weight is 251 g/mol. The third kappa shape index (κ3) is 1.87.